The number of carbonyl (C=O) groups is 1. The van der Waals surface area contributed by atoms with E-state index in [0.29, 0.717) is 18.3 Å². The summed E-state index contributed by atoms with van der Waals surface area (Å²) in [7, 11) is 0. The fraction of sp³-hybridized carbons (Fsp3) is 0.611. The molecule has 1 saturated carbocycles. The van der Waals surface area contributed by atoms with Crippen molar-refractivity contribution in [2.45, 2.75) is 49.9 Å². The van der Waals surface area contributed by atoms with Gasteiger partial charge in [-0.15, -0.1) is 0 Å². The molecule has 2 N–H and O–H groups in total. The summed E-state index contributed by atoms with van der Waals surface area (Å²) < 4.78 is 11.8. The monoisotopic (exact) mass is 316 g/mol. The van der Waals surface area contributed by atoms with Gasteiger partial charge in [-0.1, -0.05) is 0 Å². The molecule has 3 fully saturated rings. The Hall–Kier alpha value is -1.59. The van der Waals surface area contributed by atoms with Gasteiger partial charge in [-0.3, -0.25) is 4.79 Å². The van der Waals surface area contributed by atoms with Crippen LogP contribution in [0.25, 0.3) is 0 Å². The van der Waals surface area contributed by atoms with Crippen LogP contribution in [-0.2, 0) is 4.74 Å². The molecule has 2 saturated heterocycles. The molecule has 0 radical (unpaired) electrons. The normalized spacial score (nSPS) is 26.2. The highest BCUT2D eigenvalue weighted by Crippen LogP contribution is 2.29. The Kier molecular flexibility index (Phi) is 3.99. The molecule has 2 aliphatic heterocycles. The molecule has 1 atom stereocenters. The lowest BCUT2D eigenvalue weighted by Crippen LogP contribution is -2.59. The van der Waals surface area contributed by atoms with Gasteiger partial charge < -0.3 is 20.1 Å². The average molecular weight is 316 g/mol. The molecule has 1 spiro atoms. The molecule has 5 nitrogen and oxygen atoms in total. The van der Waals surface area contributed by atoms with Crippen molar-refractivity contribution in [3.8, 4) is 5.75 Å². The van der Waals surface area contributed by atoms with Crippen LogP contribution in [0.1, 0.15) is 42.5 Å². The van der Waals surface area contributed by atoms with Crippen LogP contribution in [0.4, 0.5) is 0 Å². The van der Waals surface area contributed by atoms with Crippen molar-refractivity contribution in [2.24, 2.45) is 0 Å². The van der Waals surface area contributed by atoms with E-state index in [9.17, 15) is 4.79 Å². The zero-order valence-corrected chi connectivity index (χ0v) is 13.3. The molecular weight excluding hydrogens is 292 g/mol. The number of hydrogen-bond acceptors (Lipinski definition) is 4. The van der Waals surface area contributed by atoms with E-state index < -0.39 is 0 Å². The quantitative estimate of drug-likeness (QED) is 0.890. The Morgan fingerprint density at radius 2 is 1.96 bits per heavy atom. The second-order valence-corrected chi connectivity index (χ2v) is 7.02. The van der Waals surface area contributed by atoms with Crippen molar-refractivity contribution < 1.29 is 14.3 Å². The Labute approximate surface area is 136 Å². The Balaban J connectivity index is 1.31. The standard InChI is InChI=1S/C18H24N2O3/c21-17(20-14-9-18(22-10-14)11-19-12-18)13-5-7-16(8-6-13)23-15-3-1-2-4-15/h5-8,14-15,19H,1-4,9-12H2,(H,20,21). The van der Waals surface area contributed by atoms with Gasteiger partial charge in [-0.2, -0.15) is 0 Å². The summed E-state index contributed by atoms with van der Waals surface area (Å²) in [5.74, 6) is 0.826. The molecule has 1 amide bonds. The van der Waals surface area contributed by atoms with Crippen LogP contribution in [0, 0.1) is 0 Å². The summed E-state index contributed by atoms with van der Waals surface area (Å²) in [6, 6.07) is 7.59. The van der Waals surface area contributed by atoms with Gasteiger partial charge >= 0.3 is 0 Å². The van der Waals surface area contributed by atoms with Gasteiger partial charge in [-0.25, -0.2) is 0 Å². The molecule has 0 bridgehead atoms. The van der Waals surface area contributed by atoms with Crippen molar-refractivity contribution >= 4 is 5.91 Å². The summed E-state index contributed by atoms with van der Waals surface area (Å²) in [6.45, 7) is 2.40. The number of nitrogens with one attached hydrogen (secondary N) is 2. The van der Waals surface area contributed by atoms with Gasteiger partial charge in [0.25, 0.3) is 5.91 Å². The first-order chi connectivity index (χ1) is 11.2. The third-order valence-electron chi connectivity index (χ3n) is 5.16. The fourth-order valence-corrected chi connectivity index (χ4v) is 3.74. The molecule has 1 aromatic carbocycles. The van der Waals surface area contributed by atoms with Crippen LogP contribution < -0.4 is 15.4 Å². The second kappa shape index (κ2) is 6.13. The molecule has 1 aromatic rings. The van der Waals surface area contributed by atoms with Gasteiger partial charge in [0, 0.05) is 25.1 Å². The Bertz CT molecular complexity index is 562. The Morgan fingerprint density at radius 3 is 2.57 bits per heavy atom. The molecule has 4 rings (SSSR count). The first-order valence-corrected chi connectivity index (χ1v) is 8.65. The summed E-state index contributed by atoms with van der Waals surface area (Å²) in [5, 5.41) is 6.31. The Morgan fingerprint density at radius 1 is 1.22 bits per heavy atom. The third kappa shape index (κ3) is 3.21. The molecule has 0 aromatic heterocycles. The topological polar surface area (TPSA) is 59.6 Å². The highest BCUT2D eigenvalue weighted by molar-refractivity contribution is 5.94. The van der Waals surface area contributed by atoms with Gasteiger partial charge in [0.2, 0.25) is 0 Å². The van der Waals surface area contributed by atoms with E-state index >= 15 is 0 Å². The van der Waals surface area contributed by atoms with Crippen molar-refractivity contribution in [1.29, 1.82) is 0 Å². The number of amides is 1. The SMILES string of the molecule is O=C(NC1COC2(CNC2)C1)c1ccc(OC2CCCC2)cc1. The lowest BCUT2D eigenvalue weighted by atomic mass is 9.92. The average Bonchev–Trinajstić information content (AvgIpc) is 3.17. The van der Waals surface area contributed by atoms with Crippen molar-refractivity contribution in [2.75, 3.05) is 19.7 Å². The summed E-state index contributed by atoms with van der Waals surface area (Å²) in [4.78, 5) is 12.4. The van der Waals surface area contributed by atoms with E-state index in [1.165, 1.54) is 12.8 Å². The minimum atomic E-state index is -0.0321. The molecule has 23 heavy (non-hydrogen) atoms. The van der Waals surface area contributed by atoms with Gasteiger partial charge in [0.1, 0.15) is 5.75 Å². The molecule has 2 heterocycles. The van der Waals surface area contributed by atoms with Gasteiger partial charge in [0.05, 0.1) is 24.4 Å². The smallest absolute Gasteiger partial charge is 0.251 e. The molecule has 124 valence electrons. The van der Waals surface area contributed by atoms with Crippen molar-refractivity contribution in [3.05, 3.63) is 29.8 Å². The van der Waals surface area contributed by atoms with Crippen molar-refractivity contribution in [3.63, 3.8) is 0 Å². The van der Waals surface area contributed by atoms with E-state index in [1.807, 2.05) is 24.3 Å². The zero-order valence-electron chi connectivity index (χ0n) is 13.3. The molecule has 1 aliphatic carbocycles. The van der Waals surface area contributed by atoms with Crippen LogP contribution in [0.5, 0.6) is 5.75 Å². The number of carbonyl (C=O) groups excluding carboxylic acids is 1. The predicted octanol–water partition coefficient (Wildman–Crippen LogP) is 1.87. The first-order valence-electron chi connectivity index (χ1n) is 8.65. The van der Waals surface area contributed by atoms with Gasteiger partial charge in [-0.05, 0) is 49.9 Å². The van der Waals surface area contributed by atoms with E-state index in [-0.39, 0.29) is 17.6 Å². The minimum absolute atomic E-state index is 0.0308. The minimum Gasteiger partial charge on any atom is -0.490 e. The van der Waals surface area contributed by atoms with Crippen LogP contribution in [0.3, 0.4) is 0 Å². The van der Waals surface area contributed by atoms with Crippen LogP contribution in [0.15, 0.2) is 24.3 Å². The third-order valence-corrected chi connectivity index (χ3v) is 5.16. The maximum atomic E-state index is 12.4. The second-order valence-electron chi connectivity index (χ2n) is 7.02. The van der Waals surface area contributed by atoms with E-state index in [2.05, 4.69) is 10.6 Å². The van der Waals surface area contributed by atoms with Gasteiger partial charge in [0.15, 0.2) is 0 Å². The number of ether oxygens (including phenoxy) is 2. The molecule has 5 heteroatoms. The van der Waals surface area contributed by atoms with E-state index in [4.69, 9.17) is 9.47 Å². The highest BCUT2D eigenvalue weighted by Gasteiger charge is 2.45. The van der Waals surface area contributed by atoms with Crippen LogP contribution in [-0.4, -0.2) is 43.4 Å². The number of benzene rings is 1. The fourth-order valence-electron chi connectivity index (χ4n) is 3.74. The summed E-state index contributed by atoms with van der Waals surface area (Å²) >= 11 is 0. The largest absolute Gasteiger partial charge is 0.490 e. The maximum Gasteiger partial charge on any atom is 0.251 e. The molecule has 3 aliphatic rings. The highest BCUT2D eigenvalue weighted by atomic mass is 16.5. The summed E-state index contributed by atoms with van der Waals surface area (Å²) in [6.07, 6.45) is 6.03. The molecule has 1 unspecified atom stereocenters. The number of rotatable bonds is 4. The van der Waals surface area contributed by atoms with E-state index in [0.717, 1.165) is 38.1 Å². The predicted molar refractivity (Wildman–Crippen MR) is 86.7 cm³/mol. The zero-order chi connectivity index (χ0) is 15.7. The molecular formula is C18H24N2O3. The number of hydrogen-bond donors (Lipinski definition) is 2. The van der Waals surface area contributed by atoms with Crippen LogP contribution >= 0.6 is 0 Å². The maximum absolute atomic E-state index is 12.4. The lowest BCUT2D eigenvalue weighted by Gasteiger charge is -2.38. The van der Waals surface area contributed by atoms with Crippen molar-refractivity contribution in [1.82, 2.24) is 10.6 Å². The van der Waals surface area contributed by atoms with E-state index in [1.54, 1.807) is 0 Å². The van der Waals surface area contributed by atoms with Crippen LogP contribution in [0.2, 0.25) is 0 Å². The summed E-state index contributed by atoms with van der Waals surface area (Å²) in [5.41, 5.74) is 0.646. The first kappa shape index (κ1) is 15.0. The lowest BCUT2D eigenvalue weighted by molar-refractivity contribution is -0.0360.